The highest BCUT2D eigenvalue weighted by Gasteiger charge is 2.13. The van der Waals surface area contributed by atoms with E-state index in [2.05, 4.69) is 57.3 Å². The van der Waals surface area contributed by atoms with E-state index in [-0.39, 0.29) is 0 Å². The monoisotopic (exact) mass is 261 g/mol. The molecule has 0 aliphatic heterocycles. The van der Waals surface area contributed by atoms with Crippen LogP contribution in [0.2, 0.25) is 0 Å². The normalized spacial score (nSPS) is 14.3. The Balaban J connectivity index is 2.57. The molecule has 0 aromatic heterocycles. The summed E-state index contributed by atoms with van der Waals surface area (Å²) in [5.74, 6) is 0.823. The molecule has 0 radical (unpaired) electrons. The molecule has 19 heavy (non-hydrogen) atoms. The minimum absolute atomic E-state index is 0.628. The molecule has 2 atom stereocenters. The van der Waals surface area contributed by atoms with Gasteiger partial charge >= 0.3 is 0 Å². The molecule has 108 valence electrons. The van der Waals surface area contributed by atoms with E-state index < -0.39 is 0 Å². The summed E-state index contributed by atoms with van der Waals surface area (Å²) in [6.45, 7) is 10.2. The Labute approximate surface area is 119 Å². The number of benzene rings is 1. The van der Waals surface area contributed by atoms with Crippen molar-refractivity contribution in [3.05, 3.63) is 35.4 Å². The Morgan fingerprint density at radius 3 is 2.58 bits per heavy atom. The van der Waals surface area contributed by atoms with E-state index in [1.807, 2.05) is 0 Å². The predicted molar refractivity (Wildman–Crippen MR) is 85.7 cm³/mol. The third-order valence-electron chi connectivity index (χ3n) is 3.72. The molecule has 1 aromatic rings. The highest BCUT2D eigenvalue weighted by atomic mass is 14.9. The summed E-state index contributed by atoms with van der Waals surface area (Å²) in [6, 6.07) is 9.57. The van der Waals surface area contributed by atoms with E-state index in [1.165, 1.54) is 36.8 Å². The lowest BCUT2D eigenvalue weighted by molar-refractivity contribution is 0.380. The van der Waals surface area contributed by atoms with Gasteiger partial charge in [-0.05, 0) is 44.2 Å². The highest BCUT2D eigenvalue weighted by Crippen LogP contribution is 2.16. The molecule has 1 N–H and O–H groups in total. The zero-order chi connectivity index (χ0) is 14.1. The van der Waals surface area contributed by atoms with Crippen molar-refractivity contribution in [3.8, 4) is 0 Å². The molecular weight excluding hydrogens is 230 g/mol. The number of hydrogen-bond donors (Lipinski definition) is 1. The summed E-state index contributed by atoms with van der Waals surface area (Å²) < 4.78 is 0. The van der Waals surface area contributed by atoms with Gasteiger partial charge in [0, 0.05) is 6.04 Å². The second kappa shape index (κ2) is 9.14. The first-order valence-electron chi connectivity index (χ1n) is 7.94. The molecule has 1 nitrogen and oxygen atoms in total. The van der Waals surface area contributed by atoms with Crippen molar-refractivity contribution in [2.24, 2.45) is 5.92 Å². The quantitative estimate of drug-likeness (QED) is 0.677. The van der Waals surface area contributed by atoms with E-state index in [0.29, 0.717) is 6.04 Å². The topological polar surface area (TPSA) is 12.0 Å². The van der Waals surface area contributed by atoms with Gasteiger partial charge in [-0.3, -0.25) is 0 Å². The van der Waals surface area contributed by atoms with E-state index >= 15 is 0 Å². The summed E-state index contributed by atoms with van der Waals surface area (Å²) in [5.41, 5.74) is 2.84. The lowest BCUT2D eigenvalue weighted by atomic mass is 9.93. The van der Waals surface area contributed by atoms with E-state index in [0.717, 1.165) is 18.9 Å². The Morgan fingerprint density at radius 1 is 1.16 bits per heavy atom. The molecule has 0 fully saturated rings. The third-order valence-corrected chi connectivity index (χ3v) is 3.72. The van der Waals surface area contributed by atoms with Crippen LogP contribution in [0, 0.1) is 12.8 Å². The molecule has 0 heterocycles. The van der Waals surface area contributed by atoms with Gasteiger partial charge in [-0.2, -0.15) is 0 Å². The van der Waals surface area contributed by atoms with Crippen LogP contribution in [0.4, 0.5) is 0 Å². The highest BCUT2D eigenvalue weighted by molar-refractivity contribution is 5.23. The van der Waals surface area contributed by atoms with Gasteiger partial charge in [-0.1, -0.05) is 63.4 Å². The molecule has 1 heteroatoms. The second-order valence-electron chi connectivity index (χ2n) is 5.97. The molecule has 0 aliphatic carbocycles. The van der Waals surface area contributed by atoms with Crippen LogP contribution in [-0.4, -0.2) is 12.6 Å². The van der Waals surface area contributed by atoms with Crippen LogP contribution in [0.1, 0.15) is 57.6 Å². The lowest BCUT2D eigenvalue weighted by Gasteiger charge is -2.22. The predicted octanol–water partition coefficient (Wildman–Crippen LogP) is 4.73. The van der Waals surface area contributed by atoms with Crippen LogP contribution in [-0.2, 0) is 6.42 Å². The Bertz CT molecular complexity index is 345. The molecule has 1 aromatic carbocycles. The summed E-state index contributed by atoms with van der Waals surface area (Å²) in [4.78, 5) is 0. The average molecular weight is 261 g/mol. The van der Waals surface area contributed by atoms with E-state index in [9.17, 15) is 0 Å². The minimum atomic E-state index is 0.628. The fourth-order valence-corrected chi connectivity index (χ4v) is 2.81. The van der Waals surface area contributed by atoms with Crippen LogP contribution >= 0.6 is 0 Å². The number of aryl methyl sites for hydroxylation is 1. The number of rotatable bonds is 9. The van der Waals surface area contributed by atoms with Gasteiger partial charge in [0.2, 0.25) is 0 Å². The maximum absolute atomic E-state index is 3.73. The maximum Gasteiger partial charge on any atom is 0.0110 e. The Kier molecular flexibility index (Phi) is 7.81. The smallest absolute Gasteiger partial charge is 0.0110 e. The molecule has 0 saturated heterocycles. The maximum atomic E-state index is 3.73. The second-order valence-corrected chi connectivity index (χ2v) is 5.97. The van der Waals surface area contributed by atoms with Gasteiger partial charge < -0.3 is 5.32 Å². The average Bonchev–Trinajstić information content (AvgIpc) is 2.36. The first-order valence-corrected chi connectivity index (χ1v) is 7.94. The first kappa shape index (κ1) is 16.2. The summed E-state index contributed by atoms with van der Waals surface area (Å²) in [5, 5.41) is 3.73. The van der Waals surface area contributed by atoms with Crippen molar-refractivity contribution in [2.45, 2.75) is 65.8 Å². The van der Waals surface area contributed by atoms with Gasteiger partial charge in [0.25, 0.3) is 0 Å². The fourth-order valence-electron chi connectivity index (χ4n) is 2.81. The van der Waals surface area contributed by atoms with E-state index in [4.69, 9.17) is 0 Å². The molecule has 0 amide bonds. The van der Waals surface area contributed by atoms with Crippen molar-refractivity contribution < 1.29 is 0 Å². The summed E-state index contributed by atoms with van der Waals surface area (Å²) in [6.07, 6.45) is 6.31. The number of nitrogens with one attached hydrogen (secondary N) is 1. The largest absolute Gasteiger partial charge is 0.314 e. The zero-order valence-corrected chi connectivity index (χ0v) is 13.2. The number of hydrogen-bond acceptors (Lipinski definition) is 1. The van der Waals surface area contributed by atoms with Gasteiger partial charge in [0.15, 0.2) is 0 Å². The first-order chi connectivity index (χ1) is 9.15. The van der Waals surface area contributed by atoms with Gasteiger partial charge in [0.05, 0.1) is 0 Å². The van der Waals surface area contributed by atoms with Crippen molar-refractivity contribution in [1.82, 2.24) is 5.32 Å². The van der Waals surface area contributed by atoms with E-state index in [1.54, 1.807) is 0 Å². The molecule has 2 unspecified atom stereocenters. The minimum Gasteiger partial charge on any atom is -0.314 e. The third kappa shape index (κ3) is 6.77. The van der Waals surface area contributed by atoms with Crippen molar-refractivity contribution >= 4 is 0 Å². The van der Waals surface area contributed by atoms with Crippen LogP contribution in [0.5, 0.6) is 0 Å². The van der Waals surface area contributed by atoms with Crippen LogP contribution in [0.15, 0.2) is 24.3 Å². The summed E-state index contributed by atoms with van der Waals surface area (Å²) >= 11 is 0. The van der Waals surface area contributed by atoms with Gasteiger partial charge in [0.1, 0.15) is 0 Å². The van der Waals surface area contributed by atoms with Crippen LogP contribution < -0.4 is 5.32 Å². The molecule has 0 spiro atoms. The Hall–Kier alpha value is -0.820. The van der Waals surface area contributed by atoms with Crippen molar-refractivity contribution in [2.75, 3.05) is 6.54 Å². The summed E-state index contributed by atoms with van der Waals surface area (Å²) in [7, 11) is 0. The molecule has 0 saturated carbocycles. The molecule has 0 bridgehead atoms. The van der Waals surface area contributed by atoms with Crippen molar-refractivity contribution in [3.63, 3.8) is 0 Å². The van der Waals surface area contributed by atoms with Crippen LogP contribution in [0.25, 0.3) is 0 Å². The van der Waals surface area contributed by atoms with Gasteiger partial charge in [-0.15, -0.1) is 0 Å². The molecule has 1 rings (SSSR count). The zero-order valence-electron chi connectivity index (χ0n) is 13.2. The molecule has 0 aliphatic rings. The SMILES string of the molecule is CCCNC(Cc1cccc(C)c1)CC(C)CCC. The van der Waals surface area contributed by atoms with Gasteiger partial charge in [-0.25, -0.2) is 0 Å². The van der Waals surface area contributed by atoms with Crippen LogP contribution in [0.3, 0.4) is 0 Å². The lowest BCUT2D eigenvalue weighted by Crippen LogP contribution is -2.33. The standard InChI is InChI=1S/C18H31N/c1-5-8-15(3)13-18(19-11-6-2)14-17-10-7-9-16(4)12-17/h7,9-10,12,15,18-19H,5-6,8,11,13-14H2,1-4H3. The fraction of sp³-hybridized carbons (Fsp3) is 0.667. The van der Waals surface area contributed by atoms with Crippen molar-refractivity contribution in [1.29, 1.82) is 0 Å². The molecular formula is C18H31N. The Morgan fingerprint density at radius 2 is 1.95 bits per heavy atom.